The predicted molar refractivity (Wildman–Crippen MR) is 97.9 cm³/mol. The highest BCUT2D eigenvalue weighted by atomic mass is 32.2. The maximum atomic E-state index is 12.6. The van der Waals surface area contributed by atoms with Crippen LogP contribution in [-0.2, 0) is 21.2 Å². The molecule has 1 aromatic carbocycles. The minimum Gasteiger partial charge on any atom is -0.299 e. The molecule has 0 aliphatic heterocycles. The largest absolute Gasteiger partial charge is 0.299 e. The van der Waals surface area contributed by atoms with E-state index >= 15 is 0 Å². The molecule has 2 rings (SSSR count). The lowest BCUT2D eigenvalue weighted by atomic mass is 9.97. The van der Waals surface area contributed by atoms with Crippen molar-refractivity contribution in [2.45, 2.75) is 44.4 Å². The Morgan fingerprint density at radius 3 is 2.64 bits per heavy atom. The van der Waals surface area contributed by atoms with Crippen molar-refractivity contribution in [3.63, 3.8) is 0 Å². The van der Waals surface area contributed by atoms with Gasteiger partial charge in [-0.05, 0) is 31.9 Å². The Bertz CT molecular complexity index is 836. The molecule has 0 saturated carbocycles. The molecule has 0 unspecified atom stereocenters. The zero-order valence-electron chi connectivity index (χ0n) is 14.7. The number of rotatable bonds is 9. The number of hydrogen-bond donors (Lipinski definition) is 0. The van der Waals surface area contributed by atoms with Crippen molar-refractivity contribution < 1.29 is 13.2 Å². The number of Topliss-reactive ketones (excluding diaryl/α,β-unsaturated/α-hetero) is 1. The van der Waals surface area contributed by atoms with Crippen LogP contribution in [0, 0.1) is 12.8 Å². The van der Waals surface area contributed by atoms with Gasteiger partial charge >= 0.3 is 0 Å². The SMILES string of the molecule is C=CCCCC(=O)[C@@H](C)Cc1cn(S(=O)(=O)c2ccc(C)cc2)cn1. The Morgan fingerprint density at radius 2 is 2.00 bits per heavy atom. The first-order valence-electron chi connectivity index (χ1n) is 8.33. The van der Waals surface area contributed by atoms with Gasteiger partial charge in [0.1, 0.15) is 12.1 Å². The molecule has 0 spiro atoms. The van der Waals surface area contributed by atoms with E-state index in [1.165, 1.54) is 12.5 Å². The number of allylic oxidation sites excluding steroid dienone is 1. The molecular formula is C19H24N2O3S. The van der Waals surface area contributed by atoms with E-state index in [-0.39, 0.29) is 16.6 Å². The molecule has 0 N–H and O–H groups in total. The second-order valence-corrected chi connectivity index (χ2v) is 8.11. The van der Waals surface area contributed by atoms with Gasteiger partial charge in [-0.2, -0.15) is 0 Å². The summed E-state index contributed by atoms with van der Waals surface area (Å²) in [5.41, 5.74) is 1.59. The summed E-state index contributed by atoms with van der Waals surface area (Å²) in [6.07, 6.45) is 7.14. The molecule has 6 heteroatoms. The Morgan fingerprint density at radius 1 is 1.32 bits per heavy atom. The van der Waals surface area contributed by atoms with Crippen molar-refractivity contribution in [1.82, 2.24) is 8.96 Å². The third-order valence-corrected chi connectivity index (χ3v) is 5.73. The van der Waals surface area contributed by atoms with Gasteiger partial charge in [0.15, 0.2) is 0 Å². The second-order valence-electron chi connectivity index (χ2n) is 6.27. The van der Waals surface area contributed by atoms with Gasteiger partial charge in [0, 0.05) is 25.0 Å². The number of unbranched alkanes of at least 4 members (excludes halogenated alkanes) is 1. The number of nitrogens with zero attached hydrogens (tertiary/aromatic N) is 2. The smallest absolute Gasteiger partial charge is 0.268 e. The Labute approximate surface area is 149 Å². The van der Waals surface area contributed by atoms with Crippen LogP contribution in [0.3, 0.4) is 0 Å². The van der Waals surface area contributed by atoms with Gasteiger partial charge < -0.3 is 0 Å². The number of carbonyl (C=O) groups is 1. The zero-order valence-corrected chi connectivity index (χ0v) is 15.5. The first kappa shape index (κ1) is 19.1. The summed E-state index contributed by atoms with van der Waals surface area (Å²) in [7, 11) is -3.65. The third-order valence-electron chi connectivity index (χ3n) is 4.11. The number of carbonyl (C=O) groups excluding carboxylic acids is 1. The van der Waals surface area contributed by atoms with Crippen LogP contribution in [0.5, 0.6) is 0 Å². The third kappa shape index (κ3) is 4.89. The first-order valence-corrected chi connectivity index (χ1v) is 9.77. The van der Waals surface area contributed by atoms with Crippen molar-refractivity contribution in [1.29, 1.82) is 0 Å². The van der Waals surface area contributed by atoms with E-state index in [1.807, 2.05) is 13.8 Å². The molecule has 134 valence electrons. The Balaban J connectivity index is 2.07. The average Bonchev–Trinajstić information content (AvgIpc) is 3.04. The zero-order chi connectivity index (χ0) is 18.4. The lowest BCUT2D eigenvalue weighted by Gasteiger charge is -2.08. The monoisotopic (exact) mass is 360 g/mol. The highest BCUT2D eigenvalue weighted by molar-refractivity contribution is 7.90. The summed E-state index contributed by atoms with van der Waals surface area (Å²) in [5.74, 6) is -0.0203. The second kappa shape index (κ2) is 8.25. The fourth-order valence-electron chi connectivity index (χ4n) is 2.51. The summed E-state index contributed by atoms with van der Waals surface area (Å²) < 4.78 is 26.3. The maximum absolute atomic E-state index is 12.6. The fraction of sp³-hybridized carbons (Fsp3) is 0.368. The molecule has 0 aliphatic rings. The highest BCUT2D eigenvalue weighted by Gasteiger charge is 2.19. The minimum atomic E-state index is -3.65. The van der Waals surface area contributed by atoms with Crippen LogP contribution >= 0.6 is 0 Å². The molecule has 1 aromatic heterocycles. The molecule has 0 bridgehead atoms. The van der Waals surface area contributed by atoms with E-state index in [1.54, 1.807) is 30.3 Å². The first-order chi connectivity index (χ1) is 11.8. The van der Waals surface area contributed by atoms with E-state index < -0.39 is 10.0 Å². The van der Waals surface area contributed by atoms with Gasteiger partial charge in [-0.3, -0.25) is 4.79 Å². The van der Waals surface area contributed by atoms with Crippen LogP contribution in [0.25, 0.3) is 0 Å². The summed E-state index contributed by atoms with van der Waals surface area (Å²) >= 11 is 0. The normalized spacial score (nSPS) is 12.7. The van der Waals surface area contributed by atoms with Gasteiger partial charge in [0.2, 0.25) is 0 Å². The molecule has 2 aromatic rings. The van der Waals surface area contributed by atoms with E-state index in [0.717, 1.165) is 22.4 Å². The lowest BCUT2D eigenvalue weighted by Crippen LogP contribution is -2.14. The predicted octanol–water partition coefficient (Wildman–Crippen LogP) is 3.53. The minimum absolute atomic E-state index is 0.165. The van der Waals surface area contributed by atoms with Crippen molar-refractivity contribution in [3.8, 4) is 0 Å². The number of ketones is 1. The fourth-order valence-corrected chi connectivity index (χ4v) is 3.66. The van der Waals surface area contributed by atoms with E-state index in [2.05, 4.69) is 11.6 Å². The molecule has 5 nitrogen and oxygen atoms in total. The van der Waals surface area contributed by atoms with Crippen LogP contribution < -0.4 is 0 Å². The molecule has 1 atom stereocenters. The van der Waals surface area contributed by atoms with Crippen molar-refractivity contribution in [2.24, 2.45) is 5.92 Å². The molecule has 0 radical (unpaired) electrons. The maximum Gasteiger partial charge on any atom is 0.268 e. The van der Waals surface area contributed by atoms with Crippen LogP contribution in [0.1, 0.15) is 37.4 Å². The van der Waals surface area contributed by atoms with Crippen LogP contribution in [0.2, 0.25) is 0 Å². The number of imidazole rings is 1. The molecule has 0 saturated heterocycles. The Hall–Kier alpha value is -2.21. The number of aromatic nitrogens is 2. The number of hydrogen-bond acceptors (Lipinski definition) is 4. The molecular weight excluding hydrogens is 336 g/mol. The van der Waals surface area contributed by atoms with Crippen molar-refractivity contribution in [2.75, 3.05) is 0 Å². The average molecular weight is 360 g/mol. The quantitative estimate of drug-likeness (QED) is 0.507. The molecule has 1 heterocycles. The van der Waals surface area contributed by atoms with Gasteiger partial charge in [0.25, 0.3) is 10.0 Å². The van der Waals surface area contributed by atoms with Gasteiger partial charge in [-0.1, -0.05) is 30.7 Å². The van der Waals surface area contributed by atoms with Gasteiger partial charge in [-0.25, -0.2) is 17.4 Å². The van der Waals surface area contributed by atoms with Crippen LogP contribution in [-0.4, -0.2) is 23.2 Å². The number of benzene rings is 1. The molecule has 0 fully saturated rings. The van der Waals surface area contributed by atoms with E-state index in [0.29, 0.717) is 18.5 Å². The lowest BCUT2D eigenvalue weighted by molar-refractivity contribution is -0.122. The molecule has 0 aliphatic carbocycles. The summed E-state index contributed by atoms with van der Waals surface area (Å²) in [6, 6.07) is 6.68. The number of aryl methyl sites for hydroxylation is 1. The summed E-state index contributed by atoms with van der Waals surface area (Å²) in [5, 5.41) is 0. The molecule has 25 heavy (non-hydrogen) atoms. The van der Waals surface area contributed by atoms with Gasteiger partial charge in [-0.15, -0.1) is 6.58 Å². The van der Waals surface area contributed by atoms with Crippen molar-refractivity contribution in [3.05, 3.63) is 60.7 Å². The topological polar surface area (TPSA) is 69.0 Å². The van der Waals surface area contributed by atoms with Gasteiger partial charge in [0.05, 0.1) is 10.6 Å². The Kier molecular flexibility index (Phi) is 6.31. The standard InChI is InChI=1S/C19H24N2O3S/c1-4-5-6-7-19(22)16(3)12-17-13-21(14-20-17)25(23,24)18-10-8-15(2)9-11-18/h4,8-11,13-14,16H,1,5-7,12H2,2-3H3/t16-/m0/s1. The van der Waals surface area contributed by atoms with E-state index in [9.17, 15) is 13.2 Å². The molecule has 0 amide bonds. The van der Waals surface area contributed by atoms with E-state index in [4.69, 9.17) is 0 Å². The van der Waals surface area contributed by atoms with Crippen LogP contribution in [0.15, 0.2) is 54.3 Å². The van der Waals surface area contributed by atoms with Crippen LogP contribution in [0.4, 0.5) is 0 Å². The highest BCUT2D eigenvalue weighted by Crippen LogP contribution is 2.17. The summed E-state index contributed by atoms with van der Waals surface area (Å²) in [6.45, 7) is 7.40. The summed E-state index contributed by atoms with van der Waals surface area (Å²) in [4.78, 5) is 16.5. The van der Waals surface area contributed by atoms with Crippen molar-refractivity contribution >= 4 is 15.8 Å².